The second kappa shape index (κ2) is 5.74. The van der Waals surface area contributed by atoms with Gasteiger partial charge in [0.05, 0.1) is 11.4 Å². The molecule has 0 radical (unpaired) electrons. The first-order valence-corrected chi connectivity index (χ1v) is 7.40. The lowest BCUT2D eigenvalue weighted by atomic mass is 10.2. The van der Waals surface area contributed by atoms with Crippen molar-refractivity contribution in [1.82, 2.24) is 19.4 Å². The molecular weight excluding hydrogens is 278 g/mol. The first-order chi connectivity index (χ1) is 9.45. The van der Waals surface area contributed by atoms with Gasteiger partial charge in [0.2, 0.25) is 0 Å². The summed E-state index contributed by atoms with van der Waals surface area (Å²) in [6, 6.07) is 0. The molecule has 20 heavy (non-hydrogen) atoms. The van der Waals surface area contributed by atoms with Crippen molar-refractivity contribution in [3.63, 3.8) is 0 Å². The monoisotopic (exact) mass is 297 g/mol. The number of carbonyl (C=O) groups is 1. The molecule has 0 atom stereocenters. The van der Waals surface area contributed by atoms with E-state index >= 15 is 0 Å². The van der Waals surface area contributed by atoms with Gasteiger partial charge in [-0.2, -0.15) is 5.10 Å². The van der Waals surface area contributed by atoms with Crippen molar-refractivity contribution in [3.05, 3.63) is 5.69 Å². The number of nitrogens with zero attached hydrogens (tertiary/aromatic N) is 5. The number of hydrogen-bond donors (Lipinski definition) is 1. The van der Waals surface area contributed by atoms with Gasteiger partial charge in [-0.15, -0.1) is 0 Å². The van der Waals surface area contributed by atoms with Crippen molar-refractivity contribution in [3.8, 4) is 0 Å². The first kappa shape index (κ1) is 14.7. The molecule has 0 bridgehead atoms. The van der Waals surface area contributed by atoms with E-state index < -0.39 is 5.97 Å². The zero-order valence-electron chi connectivity index (χ0n) is 12.1. The van der Waals surface area contributed by atoms with Gasteiger partial charge in [0.1, 0.15) is 5.52 Å². The quantitative estimate of drug-likeness (QED) is 0.805. The number of aromatic nitrogens is 4. The van der Waals surface area contributed by atoms with Crippen LogP contribution in [0.2, 0.25) is 0 Å². The van der Waals surface area contributed by atoms with Crippen LogP contribution in [0.4, 0.5) is 0 Å². The van der Waals surface area contributed by atoms with Gasteiger partial charge in [-0.1, -0.05) is 25.1 Å². The van der Waals surface area contributed by atoms with E-state index in [0.29, 0.717) is 5.16 Å². The van der Waals surface area contributed by atoms with E-state index in [4.69, 9.17) is 5.11 Å². The molecule has 110 valence electrons. The van der Waals surface area contributed by atoms with Crippen molar-refractivity contribution in [1.29, 1.82) is 0 Å². The van der Waals surface area contributed by atoms with E-state index in [0.717, 1.165) is 29.7 Å². The molecule has 7 nitrogen and oxygen atoms in total. The maximum Gasteiger partial charge on any atom is 0.313 e. The van der Waals surface area contributed by atoms with Crippen LogP contribution in [0.25, 0.3) is 11.2 Å². The van der Waals surface area contributed by atoms with Gasteiger partial charge in [0.25, 0.3) is 0 Å². The fourth-order valence-corrected chi connectivity index (χ4v) is 2.91. The zero-order valence-corrected chi connectivity index (χ0v) is 12.9. The van der Waals surface area contributed by atoms with Crippen LogP contribution in [0.3, 0.4) is 0 Å². The Morgan fingerprint density at radius 3 is 2.70 bits per heavy atom. The number of aryl methyl sites for hydroxylation is 2. The van der Waals surface area contributed by atoms with Crippen LogP contribution in [0.15, 0.2) is 5.16 Å². The van der Waals surface area contributed by atoms with Crippen LogP contribution < -0.4 is 5.01 Å². The topological polar surface area (TPSA) is 76.2 Å². The van der Waals surface area contributed by atoms with Crippen LogP contribution in [-0.2, 0) is 18.3 Å². The highest BCUT2D eigenvalue weighted by Crippen LogP contribution is 2.26. The van der Waals surface area contributed by atoms with Gasteiger partial charge in [-0.3, -0.25) is 4.79 Å². The maximum absolute atomic E-state index is 10.8. The number of imidazole rings is 1. The second-order valence-electron chi connectivity index (χ2n) is 4.73. The highest BCUT2D eigenvalue weighted by Gasteiger charge is 2.20. The molecule has 2 heterocycles. The Labute approximate surface area is 121 Å². The minimum absolute atomic E-state index is 0.00625. The highest BCUT2D eigenvalue weighted by molar-refractivity contribution is 7.99. The number of fused-ring (bicyclic) bond motifs is 1. The van der Waals surface area contributed by atoms with E-state index in [-0.39, 0.29) is 5.75 Å². The predicted octanol–water partition coefficient (Wildman–Crippen LogP) is 1.10. The molecule has 0 saturated heterocycles. The largest absolute Gasteiger partial charge is 0.481 e. The SMILES string of the molecule is CCCc1nn(C)c2c1nc(SCC(=O)O)n2N(C)C. The summed E-state index contributed by atoms with van der Waals surface area (Å²) in [4.78, 5) is 15.3. The van der Waals surface area contributed by atoms with Crippen molar-refractivity contribution in [2.24, 2.45) is 7.05 Å². The third kappa shape index (κ3) is 2.60. The van der Waals surface area contributed by atoms with E-state index in [1.165, 1.54) is 11.8 Å². The summed E-state index contributed by atoms with van der Waals surface area (Å²) in [5.41, 5.74) is 2.71. The van der Waals surface area contributed by atoms with Crippen molar-refractivity contribution >= 4 is 28.9 Å². The summed E-state index contributed by atoms with van der Waals surface area (Å²) in [5, 5.41) is 15.9. The lowest BCUT2D eigenvalue weighted by Crippen LogP contribution is -2.26. The average Bonchev–Trinajstić information content (AvgIpc) is 2.86. The lowest BCUT2D eigenvalue weighted by Gasteiger charge is -2.17. The van der Waals surface area contributed by atoms with Gasteiger partial charge in [0, 0.05) is 21.1 Å². The molecular formula is C12H19N5O2S. The van der Waals surface area contributed by atoms with Crippen molar-refractivity contribution in [2.75, 3.05) is 24.9 Å². The molecule has 0 unspecified atom stereocenters. The first-order valence-electron chi connectivity index (χ1n) is 6.42. The third-order valence-electron chi connectivity index (χ3n) is 2.86. The number of hydrogen-bond acceptors (Lipinski definition) is 5. The van der Waals surface area contributed by atoms with Gasteiger partial charge in [-0.05, 0) is 6.42 Å². The van der Waals surface area contributed by atoms with Crippen LogP contribution in [0.1, 0.15) is 19.0 Å². The van der Waals surface area contributed by atoms with Gasteiger partial charge >= 0.3 is 5.97 Å². The number of carboxylic acids is 1. The van der Waals surface area contributed by atoms with Crippen molar-refractivity contribution < 1.29 is 9.90 Å². The minimum Gasteiger partial charge on any atom is -0.481 e. The molecule has 8 heteroatoms. The molecule has 0 fully saturated rings. The number of carboxylic acid groups (broad SMARTS) is 1. The molecule has 1 N–H and O–H groups in total. The molecule has 0 aromatic carbocycles. The maximum atomic E-state index is 10.8. The standard InChI is InChI=1S/C12H19N5O2S/c1-5-6-8-10-11(16(4)14-8)17(15(2)3)12(13-10)20-7-9(18)19/h5-7H2,1-4H3,(H,18,19). The summed E-state index contributed by atoms with van der Waals surface area (Å²) in [6.07, 6.45) is 1.86. The van der Waals surface area contributed by atoms with E-state index in [9.17, 15) is 4.79 Å². The molecule has 2 aromatic rings. The lowest BCUT2D eigenvalue weighted by molar-refractivity contribution is -0.133. The summed E-state index contributed by atoms with van der Waals surface area (Å²) in [5.74, 6) is -0.854. The Kier molecular flexibility index (Phi) is 4.22. The molecule has 0 aliphatic rings. The molecule has 2 aromatic heterocycles. The van der Waals surface area contributed by atoms with Gasteiger partial charge < -0.3 is 10.1 Å². The smallest absolute Gasteiger partial charge is 0.313 e. The van der Waals surface area contributed by atoms with Crippen molar-refractivity contribution in [2.45, 2.75) is 24.9 Å². The molecule has 0 aliphatic heterocycles. The summed E-state index contributed by atoms with van der Waals surface area (Å²) < 4.78 is 3.70. The summed E-state index contributed by atoms with van der Waals surface area (Å²) >= 11 is 1.22. The molecule has 0 saturated carbocycles. The van der Waals surface area contributed by atoms with Crippen LogP contribution in [-0.4, -0.2) is 50.4 Å². The minimum atomic E-state index is -0.848. The summed E-state index contributed by atoms with van der Waals surface area (Å²) in [6.45, 7) is 2.10. The molecule has 0 amide bonds. The van der Waals surface area contributed by atoms with E-state index in [1.807, 2.05) is 30.8 Å². The fraction of sp³-hybridized carbons (Fsp3) is 0.583. The average molecular weight is 297 g/mol. The Morgan fingerprint density at radius 2 is 2.15 bits per heavy atom. The molecule has 2 rings (SSSR count). The third-order valence-corrected chi connectivity index (χ3v) is 3.78. The van der Waals surface area contributed by atoms with Gasteiger partial charge in [0.15, 0.2) is 10.8 Å². The number of rotatable bonds is 6. The van der Waals surface area contributed by atoms with Crippen LogP contribution >= 0.6 is 11.8 Å². The highest BCUT2D eigenvalue weighted by atomic mass is 32.2. The normalized spacial score (nSPS) is 11.2. The Hall–Kier alpha value is -1.70. The predicted molar refractivity (Wildman–Crippen MR) is 78.9 cm³/mol. The zero-order chi connectivity index (χ0) is 14.9. The number of aliphatic carboxylic acids is 1. The fourth-order valence-electron chi connectivity index (χ4n) is 2.13. The number of thioether (sulfide) groups is 1. The molecule has 0 spiro atoms. The Balaban J connectivity index is 2.54. The molecule has 0 aliphatic carbocycles. The second-order valence-corrected chi connectivity index (χ2v) is 5.67. The van der Waals surface area contributed by atoms with Crippen LogP contribution in [0, 0.1) is 0 Å². The Morgan fingerprint density at radius 1 is 1.45 bits per heavy atom. The summed E-state index contributed by atoms with van der Waals surface area (Å²) in [7, 11) is 5.69. The van der Waals surface area contributed by atoms with Crippen LogP contribution in [0.5, 0.6) is 0 Å². The van der Waals surface area contributed by atoms with E-state index in [2.05, 4.69) is 17.0 Å². The van der Waals surface area contributed by atoms with Gasteiger partial charge in [-0.25, -0.2) is 14.3 Å². The Bertz CT molecular complexity index is 631. The van der Waals surface area contributed by atoms with E-state index in [1.54, 1.807) is 4.68 Å².